The molecule has 0 bridgehead atoms. The molecule has 0 radical (unpaired) electrons. The van der Waals surface area contributed by atoms with E-state index in [2.05, 4.69) is 0 Å². The molecule has 2 heterocycles. The number of piperidine rings is 2. The average Bonchev–Trinajstić information content (AvgIpc) is 2.73. The van der Waals surface area contributed by atoms with Gasteiger partial charge in [-0.05, 0) is 56.4 Å². The van der Waals surface area contributed by atoms with Gasteiger partial charge in [0.15, 0.2) is 0 Å². The quantitative estimate of drug-likeness (QED) is 0.808. The Hall–Kier alpha value is -1.51. The van der Waals surface area contributed by atoms with Crippen LogP contribution in [0.5, 0.6) is 0 Å². The molecule has 1 N–H and O–H groups in total. The van der Waals surface area contributed by atoms with Crippen LogP contribution in [-0.2, 0) is 14.8 Å². The lowest BCUT2D eigenvalue weighted by Crippen LogP contribution is -2.56. The van der Waals surface area contributed by atoms with Gasteiger partial charge in [0.05, 0.1) is 10.5 Å². The molecular weight excluding hydrogens is 395 g/mol. The molecule has 2 atom stereocenters. The van der Waals surface area contributed by atoms with Gasteiger partial charge >= 0.3 is 0 Å². The van der Waals surface area contributed by atoms with Crippen molar-refractivity contribution < 1.29 is 22.7 Å². The zero-order valence-corrected chi connectivity index (χ0v) is 17.4. The van der Waals surface area contributed by atoms with Gasteiger partial charge in [-0.25, -0.2) is 12.8 Å². The molecule has 0 spiro atoms. The molecule has 3 fully saturated rings. The molecule has 2 saturated heterocycles. The number of aliphatic hydroxyl groups is 1. The first kappa shape index (κ1) is 20.8. The fraction of sp³-hybridized carbons (Fsp3) is 0.667. The van der Waals surface area contributed by atoms with E-state index in [1.165, 1.54) is 16.4 Å². The third-order valence-corrected chi connectivity index (χ3v) is 8.91. The van der Waals surface area contributed by atoms with Crippen LogP contribution in [0, 0.1) is 17.7 Å². The van der Waals surface area contributed by atoms with Gasteiger partial charge in [-0.2, -0.15) is 4.31 Å². The Morgan fingerprint density at radius 2 is 1.72 bits per heavy atom. The number of hydrogen-bond acceptors (Lipinski definition) is 4. The highest BCUT2D eigenvalue weighted by Gasteiger charge is 2.45. The van der Waals surface area contributed by atoms with Gasteiger partial charge in [0.25, 0.3) is 0 Å². The van der Waals surface area contributed by atoms with Crippen LogP contribution in [-0.4, -0.2) is 60.4 Å². The maximum absolute atomic E-state index is 13.1. The highest BCUT2D eigenvalue weighted by Crippen LogP contribution is 2.40. The van der Waals surface area contributed by atoms with Crippen LogP contribution in [0.15, 0.2) is 29.2 Å². The average molecular weight is 425 g/mol. The normalized spacial score (nSPS) is 29.4. The summed E-state index contributed by atoms with van der Waals surface area (Å²) in [4.78, 5) is 15.0. The third kappa shape index (κ3) is 4.07. The highest BCUT2D eigenvalue weighted by molar-refractivity contribution is 7.89. The van der Waals surface area contributed by atoms with E-state index in [9.17, 15) is 22.7 Å². The minimum atomic E-state index is -3.67. The number of halogens is 1. The van der Waals surface area contributed by atoms with E-state index in [-0.39, 0.29) is 35.7 Å². The summed E-state index contributed by atoms with van der Waals surface area (Å²) in [5.41, 5.74) is -0.609. The predicted octanol–water partition coefficient (Wildman–Crippen LogP) is 2.38. The predicted molar refractivity (Wildman–Crippen MR) is 106 cm³/mol. The van der Waals surface area contributed by atoms with Gasteiger partial charge in [-0.3, -0.25) is 4.79 Å². The fourth-order valence-corrected chi connectivity index (χ4v) is 6.60. The van der Waals surface area contributed by atoms with Crippen LogP contribution in [0.2, 0.25) is 0 Å². The van der Waals surface area contributed by atoms with E-state index in [0.29, 0.717) is 32.4 Å². The van der Waals surface area contributed by atoms with Crippen molar-refractivity contribution in [1.82, 2.24) is 9.21 Å². The molecule has 3 aliphatic rings. The Bertz CT molecular complexity index is 852. The highest BCUT2D eigenvalue weighted by atomic mass is 32.2. The Morgan fingerprint density at radius 1 is 1.03 bits per heavy atom. The topological polar surface area (TPSA) is 77.9 Å². The SMILES string of the molecule is O=C(C1CCN(S(=O)(=O)c2ccc(F)cc2)CC1)N1CCC2(O)CCCCC2C1. The number of sulfonamides is 1. The maximum atomic E-state index is 13.1. The monoisotopic (exact) mass is 424 g/mol. The van der Waals surface area contributed by atoms with Crippen LogP contribution in [0.3, 0.4) is 0 Å². The van der Waals surface area contributed by atoms with E-state index in [1.807, 2.05) is 4.90 Å². The zero-order valence-electron chi connectivity index (χ0n) is 16.6. The summed E-state index contributed by atoms with van der Waals surface area (Å²) in [6.07, 6.45) is 5.58. The number of rotatable bonds is 3. The summed E-state index contributed by atoms with van der Waals surface area (Å²) >= 11 is 0. The molecule has 1 aromatic rings. The summed E-state index contributed by atoms with van der Waals surface area (Å²) in [5, 5.41) is 10.8. The number of carbonyl (C=O) groups excluding carboxylic acids is 1. The fourth-order valence-electron chi connectivity index (χ4n) is 5.13. The molecule has 4 rings (SSSR count). The number of carbonyl (C=O) groups is 1. The van der Waals surface area contributed by atoms with Gasteiger partial charge in [0, 0.05) is 38.0 Å². The third-order valence-electron chi connectivity index (χ3n) is 6.99. The molecule has 1 aliphatic carbocycles. The van der Waals surface area contributed by atoms with Crippen LogP contribution in [0.4, 0.5) is 4.39 Å². The molecule has 1 saturated carbocycles. The lowest BCUT2D eigenvalue weighted by Gasteiger charge is -2.48. The van der Waals surface area contributed by atoms with Crippen LogP contribution < -0.4 is 0 Å². The molecule has 0 aromatic heterocycles. The Kier molecular flexibility index (Phi) is 5.70. The van der Waals surface area contributed by atoms with Crippen molar-refractivity contribution in [3.8, 4) is 0 Å². The van der Waals surface area contributed by atoms with Crippen molar-refractivity contribution in [2.24, 2.45) is 11.8 Å². The number of fused-ring (bicyclic) bond motifs is 1. The van der Waals surface area contributed by atoms with E-state index in [4.69, 9.17) is 0 Å². The maximum Gasteiger partial charge on any atom is 0.243 e. The van der Waals surface area contributed by atoms with Crippen molar-refractivity contribution in [3.05, 3.63) is 30.1 Å². The van der Waals surface area contributed by atoms with Gasteiger partial charge in [-0.15, -0.1) is 0 Å². The molecule has 2 unspecified atom stereocenters. The van der Waals surface area contributed by atoms with Crippen molar-refractivity contribution in [2.75, 3.05) is 26.2 Å². The van der Waals surface area contributed by atoms with Crippen LogP contribution in [0.25, 0.3) is 0 Å². The molecular formula is C21H29FN2O4S. The first-order chi connectivity index (χ1) is 13.8. The van der Waals surface area contributed by atoms with Crippen molar-refractivity contribution in [2.45, 2.75) is 55.4 Å². The summed E-state index contributed by atoms with van der Waals surface area (Å²) in [6, 6.07) is 4.85. The Morgan fingerprint density at radius 3 is 2.41 bits per heavy atom. The number of benzene rings is 1. The van der Waals surface area contributed by atoms with Crippen LogP contribution >= 0.6 is 0 Å². The number of likely N-dealkylation sites (tertiary alicyclic amines) is 1. The molecule has 6 nitrogen and oxygen atoms in total. The zero-order chi connectivity index (χ0) is 20.6. The lowest BCUT2D eigenvalue weighted by atomic mass is 9.71. The lowest BCUT2D eigenvalue weighted by molar-refractivity contribution is -0.148. The largest absolute Gasteiger partial charge is 0.389 e. The second-order valence-corrected chi connectivity index (χ2v) is 10.7. The summed E-state index contributed by atoms with van der Waals surface area (Å²) < 4.78 is 40.0. The molecule has 160 valence electrons. The number of nitrogens with zero attached hydrogens (tertiary/aromatic N) is 2. The van der Waals surface area contributed by atoms with Gasteiger partial charge in [0.1, 0.15) is 5.82 Å². The van der Waals surface area contributed by atoms with E-state index in [0.717, 1.165) is 37.8 Å². The van der Waals surface area contributed by atoms with Crippen LogP contribution in [0.1, 0.15) is 44.9 Å². The van der Waals surface area contributed by atoms with Gasteiger partial charge in [0.2, 0.25) is 15.9 Å². The summed E-state index contributed by atoms with van der Waals surface area (Å²) in [7, 11) is -3.67. The second kappa shape index (κ2) is 7.96. The molecule has 2 aliphatic heterocycles. The van der Waals surface area contributed by atoms with E-state index in [1.54, 1.807) is 0 Å². The second-order valence-electron chi connectivity index (χ2n) is 8.71. The Labute approximate surface area is 171 Å². The molecule has 1 aromatic carbocycles. The minimum absolute atomic E-state index is 0.0799. The Balaban J connectivity index is 1.36. The first-order valence-corrected chi connectivity index (χ1v) is 12.0. The van der Waals surface area contributed by atoms with E-state index >= 15 is 0 Å². The number of hydrogen-bond donors (Lipinski definition) is 1. The molecule has 8 heteroatoms. The van der Waals surface area contributed by atoms with Gasteiger partial charge < -0.3 is 10.0 Å². The standard InChI is InChI=1S/C21H29FN2O4S/c22-18-4-6-19(7-5-18)29(27,28)24-12-8-16(9-13-24)20(25)23-14-11-21(26)10-2-1-3-17(21)15-23/h4-7,16-17,26H,1-3,8-15H2. The summed E-state index contributed by atoms with van der Waals surface area (Å²) in [5.74, 6) is -0.395. The smallest absolute Gasteiger partial charge is 0.243 e. The van der Waals surface area contributed by atoms with Gasteiger partial charge in [-0.1, -0.05) is 12.8 Å². The van der Waals surface area contributed by atoms with Crippen molar-refractivity contribution in [3.63, 3.8) is 0 Å². The molecule has 1 amide bonds. The summed E-state index contributed by atoms with van der Waals surface area (Å²) in [6.45, 7) is 1.78. The van der Waals surface area contributed by atoms with Crippen molar-refractivity contribution >= 4 is 15.9 Å². The first-order valence-electron chi connectivity index (χ1n) is 10.6. The van der Waals surface area contributed by atoms with E-state index < -0.39 is 21.4 Å². The van der Waals surface area contributed by atoms with Crippen molar-refractivity contribution in [1.29, 1.82) is 0 Å². The number of amides is 1. The molecule has 29 heavy (non-hydrogen) atoms. The minimum Gasteiger partial charge on any atom is -0.389 e.